The zero-order valence-corrected chi connectivity index (χ0v) is 25.1. The van der Waals surface area contributed by atoms with Gasteiger partial charge in [-0.05, 0) is 29.7 Å². The molecule has 1 aliphatic rings. The lowest BCUT2D eigenvalue weighted by molar-refractivity contribution is -0.668. The van der Waals surface area contributed by atoms with Crippen LogP contribution in [0.1, 0.15) is 17.8 Å². The molecule has 0 radical (unpaired) electrons. The van der Waals surface area contributed by atoms with Gasteiger partial charge in [0.05, 0.1) is 45.6 Å². The van der Waals surface area contributed by atoms with Crippen molar-refractivity contribution in [3.63, 3.8) is 0 Å². The van der Waals surface area contributed by atoms with E-state index >= 15 is 0 Å². The van der Waals surface area contributed by atoms with E-state index in [1.54, 1.807) is 0 Å². The molecule has 0 fully saturated rings. The van der Waals surface area contributed by atoms with Crippen molar-refractivity contribution in [3.05, 3.63) is 69.0 Å². The topological polar surface area (TPSA) is 122 Å². The third-order valence-electron chi connectivity index (χ3n) is 6.04. The second-order valence-corrected chi connectivity index (χ2v) is 15.9. The first-order chi connectivity index (χ1) is 18.5. The summed E-state index contributed by atoms with van der Waals surface area (Å²) in [6.45, 7) is 0.642. The maximum Gasteiger partial charge on any atom is 0.265 e. The van der Waals surface area contributed by atoms with Gasteiger partial charge in [0, 0.05) is 30.5 Å². The molecule has 0 aliphatic carbocycles. The lowest BCUT2D eigenvalue weighted by Gasteiger charge is -2.20. The van der Waals surface area contributed by atoms with E-state index in [9.17, 15) is 25.9 Å². The molecule has 0 amide bonds. The van der Waals surface area contributed by atoms with Crippen LogP contribution in [0.2, 0.25) is 4.34 Å². The quantitative estimate of drug-likeness (QED) is 0.168. The first-order valence-electron chi connectivity index (χ1n) is 11.8. The van der Waals surface area contributed by atoms with E-state index in [-0.39, 0.29) is 12.8 Å². The molecule has 2 aromatic carbocycles. The van der Waals surface area contributed by atoms with Crippen LogP contribution in [0.3, 0.4) is 0 Å². The maximum atomic E-state index is 11.3. The number of benzene rings is 2. The van der Waals surface area contributed by atoms with Crippen molar-refractivity contribution < 1.29 is 30.5 Å². The summed E-state index contributed by atoms with van der Waals surface area (Å²) in [5.41, 5.74) is 3.84. The van der Waals surface area contributed by atoms with Crippen molar-refractivity contribution in [1.29, 1.82) is 0 Å². The van der Waals surface area contributed by atoms with E-state index in [0.717, 1.165) is 41.3 Å². The number of rotatable bonds is 10. The van der Waals surface area contributed by atoms with E-state index in [4.69, 9.17) is 11.6 Å². The third-order valence-corrected chi connectivity index (χ3v) is 11.2. The predicted octanol–water partition coefficient (Wildman–Crippen LogP) is 5.35. The number of hydrogen-bond donors (Lipinski definition) is 0. The van der Waals surface area contributed by atoms with Crippen LogP contribution < -0.4 is 9.47 Å². The average molecular weight is 642 g/mol. The molecular formula is C25H22ClN2O6S5-. The fourth-order valence-electron chi connectivity index (χ4n) is 4.36. The van der Waals surface area contributed by atoms with Crippen LogP contribution in [-0.4, -0.2) is 44.0 Å². The molecule has 0 atom stereocenters. The van der Waals surface area contributed by atoms with Gasteiger partial charge in [0.2, 0.25) is 5.52 Å². The summed E-state index contributed by atoms with van der Waals surface area (Å²) >= 11 is 10.7. The van der Waals surface area contributed by atoms with Gasteiger partial charge in [0.1, 0.15) is 4.70 Å². The minimum absolute atomic E-state index is 0.158. The minimum atomic E-state index is -4.35. The Morgan fingerprint density at radius 3 is 2.33 bits per heavy atom. The molecule has 0 saturated carbocycles. The lowest BCUT2D eigenvalue weighted by atomic mass is 10.1. The molecule has 2 aromatic heterocycles. The summed E-state index contributed by atoms with van der Waals surface area (Å²) in [6.07, 6.45) is 2.30. The normalized spacial score (nSPS) is 14.9. The standard InChI is InChI=1S/C25H23ClN2O6S5/c26-22-15-20-25(36-22)37-24(28(20)11-5-13-39(32,33)34)16-23-27(10-4-12-38(29,30)31)19-14-18(8-9-21(19)35-23)17-6-2-1-3-7-17/h1-3,6-9,14-16H,4-5,10-13H2,(H-,29,30,31,32,33,34)/p-1. The van der Waals surface area contributed by atoms with Gasteiger partial charge in [-0.1, -0.05) is 71.1 Å². The van der Waals surface area contributed by atoms with Gasteiger partial charge in [-0.25, -0.2) is 16.8 Å². The highest BCUT2D eigenvalue weighted by Crippen LogP contribution is 2.52. The first-order valence-corrected chi connectivity index (χ1v) is 17.8. The second kappa shape index (κ2) is 11.5. The van der Waals surface area contributed by atoms with Gasteiger partial charge < -0.3 is 14.0 Å². The van der Waals surface area contributed by atoms with Gasteiger partial charge >= 0.3 is 0 Å². The summed E-state index contributed by atoms with van der Waals surface area (Å²) in [4.78, 5) is 1.96. The Hall–Kier alpha value is -1.97. The molecule has 0 bridgehead atoms. The molecule has 3 heterocycles. The Bertz CT molecular complexity index is 1760. The number of thioether (sulfide) groups is 1. The van der Waals surface area contributed by atoms with E-state index < -0.39 is 31.7 Å². The SMILES string of the molecule is O=S(=O)([O-])CCCN1C(=Cc2sc3ccc(-c4ccccc4)cc3[n+]2CCCS(=O)(=O)[O-])Sc2sc(Cl)cc21. The van der Waals surface area contributed by atoms with Gasteiger partial charge in [0.25, 0.3) is 5.01 Å². The van der Waals surface area contributed by atoms with Gasteiger partial charge in [-0.2, -0.15) is 4.57 Å². The van der Waals surface area contributed by atoms with Gasteiger partial charge in [-0.3, -0.25) is 0 Å². The monoisotopic (exact) mass is 641 g/mol. The predicted molar refractivity (Wildman–Crippen MR) is 156 cm³/mol. The number of hydrogen-bond acceptors (Lipinski definition) is 10. The largest absolute Gasteiger partial charge is 0.748 e. The fraction of sp³-hybridized carbons (Fsp3) is 0.240. The zero-order valence-electron chi connectivity index (χ0n) is 20.3. The number of thiophene rings is 1. The summed E-state index contributed by atoms with van der Waals surface area (Å²) in [6, 6.07) is 17.9. The molecule has 14 heteroatoms. The molecule has 0 spiro atoms. The van der Waals surface area contributed by atoms with Crippen LogP contribution in [0.4, 0.5) is 5.69 Å². The number of anilines is 1. The molecule has 8 nitrogen and oxygen atoms in total. The van der Waals surface area contributed by atoms with Crippen molar-refractivity contribution in [2.45, 2.75) is 23.6 Å². The van der Waals surface area contributed by atoms with E-state index in [2.05, 4.69) is 6.07 Å². The van der Waals surface area contributed by atoms with Gasteiger partial charge in [0.15, 0.2) is 6.54 Å². The molecule has 0 unspecified atom stereocenters. The van der Waals surface area contributed by atoms with Crippen molar-refractivity contribution >= 4 is 88.3 Å². The van der Waals surface area contributed by atoms with Crippen LogP contribution >= 0.6 is 46.0 Å². The smallest absolute Gasteiger partial charge is 0.265 e. The summed E-state index contributed by atoms with van der Waals surface area (Å²) in [5.74, 6) is -0.935. The summed E-state index contributed by atoms with van der Waals surface area (Å²) in [7, 11) is -8.70. The molecule has 39 heavy (non-hydrogen) atoms. The molecule has 0 N–H and O–H groups in total. The Morgan fingerprint density at radius 2 is 1.62 bits per heavy atom. The van der Waals surface area contributed by atoms with Crippen molar-refractivity contribution in [2.75, 3.05) is 23.0 Å². The van der Waals surface area contributed by atoms with E-state index in [1.807, 2.05) is 64.1 Å². The van der Waals surface area contributed by atoms with Crippen LogP contribution in [0.25, 0.3) is 27.4 Å². The van der Waals surface area contributed by atoms with Crippen LogP contribution in [0, 0.1) is 0 Å². The Kier molecular flexibility index (Phi) is 8.41. The number of aryl methyl sites for hydroxylation is 1. The number of thiazole rings is 1. The van der Waals surface area contributed by atoms with Gasteiger partial charge in [-0.15, -0.1) is 11.3 Å². The van der Waals surface area contributed by atoms with E-state index in [0.29, 0.717) is 17.4 Å². The first kappa shape index (κ1) is 28.6. The molecule has 206 valence electrons. The Morgan fingerprint density at radius 1 is 0.897 bits per heavy atom. The van der Waals surface area contributed by atoms with Crippen molar-refractivity contribution in [2.24, 2.45) is 0 Å². The molecule has 0 saturated heterocycles. The van der Waals surface area contributed by atoms with Crippen molar-refractivity contribution in [3.8, 4) is 11.1 Å². The Balaban J connectivity index is 1.55. The molecule has 5 rings (SSSR count). The highest BCUT2D eigenvalue weighted by molar-refractivity contribution is 8.05. The summed E-state index contributed by atoms with van der Waals surface area (Å²) in [5, 5.41) is 1.69. The number of halogens is 1. The second-order valence-electron chi connectivity index (χ2n) is 8.83. The van der Waals surface area contributed by atoms with E-state index in [1.165, 1.54) is 34.4 Å². The number of aromatic nitrogens is 1. The van der Waals surface area contributed by atoms with Crippen LogP contribution in [0.5, 0.6) is 0 Å². The molecule has 4 aromatic rings. The average Bonchev–Trinajstić information content (AvgIpc) is 3.49. The Labute approximate surface area is 244 Å². The van der Waals surface area contributed by atoms with Crippen LogP contribution in [-0.2, 0) is 26.8 Å². The highest BCUT2D eigenvalue weighted by atomic mass is 35.5. The molecular weight excluding hydrogens is 620 g/mol. The number of fused-ring (bicyclic) bond motifs is 2. The fourth-order valence-corrected chi connectivity index (χ4v) is 9.22. The zero-order chi connectivity index (χ0) is 27.8. The third kappa shape index (κ3) is 7.03. The van der Waals surface area contributed by atoms with Crippen molar-refractivity contribution in [1.82, 2.24) is 0 Å². The van der Waals surface area contributed by atoms with Crippen LogP contribution in [0.15, 0.2) is 63.8 Å². The lowest BCUT2D eigenvalue weighted by Crippen LogP contribution is -2.36. The molecule has 1 aliphatic heterocycles. The maximum absolute atomic E-state index is 11.3. The number of nitrogens with zero attached hydrogens (tertiary/aromatic N) is 2. The summed E-state index contributed by atoms with van der Waals surface area (Å²) < 4.78 is 72.1. The minimum Gasteiger partial charge on any atom is -0.748 e. The highest BCUT2D eigenvalue weighted by Gasteiger charge is 2.30.